The fraction of sp³-hybridized carbons (Fsp3) is 0.471. The highest BCUT2D eigenvalue weighted by atomic mass is 32.1. The van der Waals surface area contributed by atoms with E-state index in [4.69, 9.17) is 9.90 Å². The van der Waals surface area contributed by atoms with Crippen LogP contribution in [0.25, 0.3) is 0 Å². The molecule has 0 saturated carbocycles. The highest BCUT2D eigenvalue weighted by molar-refractivity contribution is 7.12. The van der Waals surface area contributed by atoms with Crippen LogP contribution < -0.4 is 5.32 Å². The maximum atomic E-state index is 10.6. The van der Waals surface area contributed by atoms with E-state index >= 15 is 0 Å². The van der Waals surface area contributed by atoms with E-state index in [1.54, 1.807) is 18.6 Å². The minimum atomic E-state index is -5.08. The molecule has 3 heterocycles. The molecular weight excluding hydrogens is 381 g/mol. The molecule has 0 bridgehead atoms. The number of halogens is 3. The molecule has 0 spiro atoms. The average molecular weight is 402 g/mol. The molecule has 0 aliphatic carbocycles. The molecule has 1 aliphatic rings. The summed E-state index contributed by atoms with van der Waals surface area (Å²) in [4.78, 5) is 22.5. The van der Waals surface area contributed by atoms with Crippen molar-refractivity contribution in [2.75, 3.05) is 18.4 Å². The average Bonchev–Trinajstić information content (AvgIpc) is 3.09. The first-order chi connectivity index (χ1) is 12.8. The van der Waals surface area contributed by atoms with Crippen molar-refractivity contribution in [3.8, 4) is 0 Å². The molecule has 10 heteroatoms. The van der Waals surface area contributed by atoms with Crippen LogP contribution in [-0.2, 0) is 17.9 Å². The Labute approximate surface area is 159 Å². The first-order valence-electron chi connectivity index (χ1n) is 8.44. The van der Waals surface area contributed by atoms with E-state index in [9.17, 15) is 13.2 Å². The molecular formula is C17H21F3N4O2S. The van der Waals surface area contributed by atoms with Gasteiger partial charge in [-0.25, -0.2) is 9.78 Å². The second kappa shape index (κ2) is 10.2. The number of carbonyl (C=O) groups is 1. The number of likely N-dealkylation sites (tertiary alicyclic amines) is 1. The van der Waals surface area contributed by atoms with E-state index in [2.05, 4.69) is 32.3 Å². The quantitative estimate of drug-likeness (QED) is 0.793. The summed E-state index contributed by atoms with van der Waals surface area (Å²) in [6.45, 7) is 4.44. The van der Waals surface area contributed by atoms with Crippen LogP contribution in [0.3, 0.4) is 0 Å². The third kappa shape index (κ3) is 7.92. The molecule has 0 atom stereocenters. The highest BCUT2D eigenvalue weighted by Gasteiger charge is 2.38. The fourth-order valence-corrected chi connectivity index (χ4v) is 3.51. The maximum Gasteiger partial charge on any atom is 0.490 e. The number of carboxylic acids is 1. The molecule has 6 nitrogen and oxygen atoms in total. The lowest BCUT2D eigenvalue weighted by Crippen LogP contribution is -2.28. The minimum Gasteiger partial charge on any atom is -0.475 e. The Hall–Kier alpha value is -2.20. The van der Waals surface area contributed by atoms with Crippen molar-refractivity contribution in [3.63, 3.8) is 0 Å². The number of alkyl halides is 3. The fourth-order valence-electron chi connectivity index (χ4n) is 2.51. The minimum absolute atomic E-state index is 0.823. The number of thiophene rings is 1. The molecule has 1 fully saturated rings. The summed E-state index contributed by atoms with van der Waals surface area (Å²) in [5.74, 6) is -1.93. The number of carboxylic acid groups (broad SMARTS) is 1. The molecule has 0 amide bonds. The van der Waals surface area contributed by atoms with Crippen molar-refractivity contribution < 1.29 is 23.1 Å². The van der Waals surface area contributed by atoms with Gasteiger partial charge in [0.05, 0.1) is 12.7 Å². The Morgan fingerprint density at radius 3 is 2.44 bits per heavy atom. The lowest BCUT2D eigenvalue weighted by atomic mass is 10.1. The number of nitrogens with one attached hydrogen (secondary N) is 1. The van der Waals surface area contributed by atoms with Crippen molar-refractivity contribution in [2.24, 2.45) is 0 Å². The third-order valence-corrected chi connectivity index (χ3v) is 4.86. The van der Waals surface area contributed by atoms with Crippen LogP contribution in [0.2, 0.25) is 0 Å². The zero-order valence-corrected chi connectivity index (χ0v) is 15.4. The normalized spacial score (nSPS) is 14.9. The monoisotopic (exact) mass is 402 g/mol. The molecule has 148 valence electrons. The summed E-state index contributed by atoms with van der Waals surface area (Å²) in [7, 11) is 0. The largest absolute Gasteiger partial charge is 0.490 e. The Bertz CT molecular complexity index is 704. The van der Waals surface area contributed by atoms with Gasteiger partial charge in [0.2, 0.25) is 0 Å². The predicted octanol–water partition coefficient (Wildman–Crippen LogP) is 3.77. The topological polar surface area (TPSA) is 78.3 Å². The number of aliphatic carboxylic acids is 1. The SMILES string of the molecule is O=C(O)C(F)(F)F.c1cnc(NCc2ccc(CN3CCCCC3)s2)cn1. The van der Waals surface area contributed by atoms with Crippen molar-refractivity contribution in [2.45, 2.75) is 38.5 Å². The van der Waals surface area contributed by atoms with E-state index in [0.717, 1.165) is 18.9 Å². The molecule has 1 saturated heterocycles. The summed E-state index contributed by atoms with van der Waals surface area (Å²) >= 11 is 1.89. The molecule has 1 aliphatic heterocycles. The molecule has 2 aromatic heterocycles. The summed E-state index contributed by atoms with van der Waals surface area (Å²) in [6, 6.07) is 4.47. The highest BCUT2D eigenvalue weighted by Crippen LogP contribution is 2.21. The van der Waals surface area contributed by atoms with E-state index in [1.165, 1.54) is 42.1 Å². The zero-order chi connectivity index (χ0) is 19.7. The standard InChI is InChI=1S/C15H20N4S.C2HF3O2/c1-2-8-19(9-3-1)12-14-5-4-13(20-14)10-18-15-11-16-6-7-17-15;3-2(4,5)1(6)7/h4-7,11H,1-3,8-10,12H2,(H,17,18);(H,6,7). The van der Waals surface area contributed by atoms with Crippen molar-refractivity contribution in [1.29, 1.82) is 0 Å². The van der Waals surface area contributed by atoms with Crippen LogP contribution in [0.15, 0.2) is 30.7 Å². The predicted molar refractivity (Wildman–Crippen MR) is 96.5 cm³/mol. The lowest BCUT2D eigenvalue weighted by molar-refractivity contribution is -0.192. The van der Waals surface area contributed by atoms with Gasteiger partial charge >= 0.3 is 12.1 Å². The Morgan fingerprint density at radius 2 is 1.85 bits per heavy atom. The number of anilines is 1. The van der Waals surface area contributed by atoms with E-state index in [0.29, 0.717) is 0 Å². The van der Waals surface area contributed by atoms with Crippen LogP contribution in [0.4, 0.5) is 19.0 Å². The molecule has 27 heavy (non-hydrogen) atoms. The van der Waals surface area contributed by atoms with Gasteiger partial charge in [-0.3, -0.25) is 9.88 Å². The van der Waals surface area contributed by atoms with Gasteiger partial charge in [-0.15, -0.1) is 11.3 Å². The van der Waals surface area contributed by atoms with Crippen LogP contribution in [-0.4, -0.2) is 45.2 Å². The number of hydrogen-bond acceptors (Lipinski definition) is 6. The van der Waals surface area contributed by atoms with Gasteiger partial charge in [0.1, 0.15) is 5.82 Å². The van der Waals surface area contributed by atoms with Gasteiger partial charge in [0, 0.05) is 28.7 Å². The Balaban J connectivity index is 0.000000321. The van der Waals surface area contributed by atoms with Crippen molar-refractivity contribution in [3.05, 3.63) is 40.5 Å². The number of rotatable bonds is 5. The van der Waals surface area contributed by atoms with Crippen molar-refractivity contribution in [1.82, 2.24) is 14.9 Å². The Kier molecular flexibility index (Phi) is 7.99. The van der Waals surface area contributed by atoms with E-state index in [1.807, 2.05) is 11.3 Å². The van der Waals surface area contributed by atoms with E-state index < -0.39 is 12.1 Å². The third-order valence-electron chi connectivity index (χ3n) is 3.79. The lowest BCUT2D eigenvalue weighted by Gasteiger charge is -2.25. The van der Waals surface area contributed by atoms with Gasteiger partial charge in [-0.2, -0.15) is 13.2 Å². The van der Waals surface area contributed by atoms with Gasteiger partial charge < -0.3 is 10.4 Å². The molecule has 0 unspecified atom stereocenters. The number of piperidine rings is 1. The van der Waals surface area contributed by atoms with Gasteiger partial charge in [-0.05, 0) is 38.1 Å². The summed E-state index contributed by atoms with van der Waals surface area (Å²) < 4.78 is 31.7. The van der Waals surface area contributed by atoms with Crippen molar-refractivity contribution >= 4 is 23.1 Å². The number of hydrogen-bond donors (Lipinski definition) is 2. The first-order valence-corrected chi connectivity index (χ1v) is 9.26. The molecule has 0 aromatic carbocycles. The summed E-state index contributed by atoms with van der Waals surface area (Å²) in [5.41, 5.74) is 0. The summed E-state index contributed by atoms with van der Waals surface area (Å²) in [5, 5.41) is 10.4. The van der Waals surface area contributed by atoms with Crippen LogP contribution in [0.5, 0.6) is 0 Å². The number of nitrogens with zero attached hydrogens (tertiary/aromatic N) is 3. The molecule has 0 radical (unpaired) electrons. The molecule has 3 rings (SSSR count). The molecule has 2 N–H and O–H groups in total. The Morgan fingerprint density at radius 1 is 1.19 bits per heavy atom. The van der Waals surface area contributed by atoms with Gasteiger partial charge in [0.15, 0.2) is 0 Å². The number of aromatic nitrogens is 2. The second-order valence-corrected chi connectivity index (χ2v) is 7.20. The smallest absolute Gasteiger partial charge is 0.475 e. The first kappa shape index (κ1) is 21.1. The van der Waals surface area contributed by atoms with Gasteiger partial charge in [0.25, 0.3) is 0 Å². The van der Waals surface area contributed by atoms with E-state index in [-0.39, 0.29) is 0 Å². The second-order valence-electron chi connectivity index (χ2n) is 5.95. The maximum absolute atomic E-state index is 10.6. The summed E-state index contributed by atoms with van der Waals surface area (Å²) in [6.07, 6.45) is 4.17. The molecule has 2 aromatic rings. The van der Waals surface area contributed by atoms with Crippen LogP contribution in [0, 0.1) is 0 Å². The van der Waals surface area contributed by atoms with Crippen LogP contribution >= 0.6 is 11.3 Å². The van der Waals surface area contributed by atoms with Gasteiger partial charge in [-0.1, -0.05) is 6.42 Å². The van der Waals surface area contributed by atoms with Crippen LogP contribution in [0.1, 0.15) is 29.0 Å². The zero-order valence-electron chi connectivity index (χ0n) is 14.6.